The highest BCUT2D eigenvalue weighted by atomic mass is 35.5. The summed E-state index contributed by atoms with van der Waals surface area (Å²) in [6.45, 7) is 2.28. The van der Waals surface area contributed by atoms with E-state index in [9.17, 15) is 0 Å². The van der Waals surface area contributed by atoms with Gasteiger partial charge in [-0.05, 0) is 61.7 Å². The predicted molar refractivity (Wildman–Crippen MR) is 110 cm³/mol. The molecule has 0 saturated carbocycles. The van der Waals surface area contributed by atoms with Gasteiger partial charge in [0.2, 0.25) is 5.95 Å². The molecule has 0 radical (unpaired) electrons. The summed E-state index contributed by atoms with van der Waals surface area (Å²) >= 11 is 6.01. The van der Waals surface area contributed by atoms with Crippen LogP contribution in [0.5, 0.6) is 0 Å². The van der Waals surface area contributed by atoms with Gasteiger partial charge in [-0.2, -0.15) is 10.1 Å². The zero-order valence-corrected chi connectivity index (χ0v) is 15.7. The molecule has 138 valence electrons. The first-order chi connectivity index (χ1) is 13.3. The molecule has 0 bridgehead atoms. The summed E-state index contributed by atoms with van der Waals surface area (Å²) in [4.78, 5) is 6.89. The fraction of sp³-hybridized carbons (Fsp3) is 0.250. The van der Waals surface area contributed by atoms with E-state index in [4.69, 9.17) is 11.6 Å². The normalized spacial score (nSPS) is 14.0. The molecule has 1 aliphatic rings. The number of anilines is 5. The predicted octanol–water partition coefficient (Wildman–Crippen LogP) is 5.00. The molecule has 27 heavy (non-hydrogen) atoms. The second-order valence-electron chi connectivity index (χ2n) is 6.52. The third kappa shape index (κ3) is 4.65. The van der Waals surface area contributed by atoms with Crippen LogP contribution >= 0.6 is 11.6 Å². The first-order valence-electron chi connectivity index (χ1n) is 9.11. The van der Waals surface area contributed by atoms with Crippen LogP contribution in [0.3, 0.4) is 0 Å². The molecule has 6 nitrogen and oxygen atoms in total. The molecule has 3 aromatic rings. The van der Waals surface area contributed by atoms with Gasteiger partial charge in [-0.25, -0.2) is 0 Å². The van der Waals surface area contributed by atoms with Crippen molar-refractivity contribution >= 4 is 40.4 Å². The maximum absolute atomic E-state index is 6.01. The lowest BCUT2D eigenvalue weighted by Gasteiger charge is -2.28. The Kier molecular flexibility index (Phi) is 5.34. The highest BCUT2D eigenvalue weighted by Gasteiger charge is 2.10. The second kappa shape index (κ2) is 8.22. The van der Waals surface area contributed by atoms with Crippen LogP contribution in [0.1, 0.15) is 19.3 Å². The molecule has 7 heteroatoms. The number of rotatable bonds is 5. The van der Waals surface area contributed by atoms with E-state index in [1.807, 2.05) is 24.3 Å². The minimum absolute atomic E-state index is 0.409. The van der Waals surface area contributed by atoms with Crippen LogP contribution in [-0.4, -0.2) is 28.3 Å². The molecule has 4 rings (SSSR count). The van der Waals surface area contributed by atoms with E-state index >= 15 is 0 Å². The van der Waals surface area contributed by atoms with Crippen LogP contribution in [0.4, 0.5) is 28.8 Å². The van der Waals surface area contributed by atoms with Crippen molar-refractivity contribution in [1.29, 1.82) is 0 Å². The molecule has 0 aliphatic carbocycles. The van der Waals surface area contributed by atoms with Crippen molar-refractivity contribution in [2.45, 2.75) is 19.3 Å². The van der Waals surface area contributed by atoms with Gasteiger partial charge in [-0.15, -0.1) is 5.10 Å². The highest BCUT2D eigenvalue weighted by molar-refractivity contribution is 6.30. The summed E-state index contributed by atoms with van der Waals surface area (Å²) in [5, 5.41) is 15.1. The van der Waals surface area contributed by atoms with Gasteiger partial charge in [-0.3, -0.25) is 0 Å². The van der Waals surface area contributed by atoms with Gasteiger partial charge in [0.05, 0.1) is 6.20 Å². The molecular formula is C20H21ClN6. The number of aromatic nitrogens is 3. The molecule has 0 atom stereocenters. The number of hydrogen-bond acceptors (Lipinski definition) is 6. The molecule has 2 N–H and O–H groups in total. The molecule has 2 heterocycles. The molecule has 0 spiro atoms. The number of halogens is 1. The van der Waals surface area contributed by atoms with Crippen molar-refractivity contribution in [2.24, 2.45) is 0 Å². The van der Waals surface area contributed by atoms with Gasteiger partial charge in [0.1, 0.15) is 0 Å². The lowest BCUT2D eigenvalue weighted by atomic mass is 10.1. The van der Waals surface area contributed by atoms with Gasteiger partial charge in [0, 0.05) is 35.2 Å². The fourth-order valence-corrected chi connectivity index (χ4v) is 3.36. The average molecular weight is 381 g/mol. The van der Waals surface area contributed by atoms with Crippen molar-refractivity contribution < 1.29 is 0 Å². The minimum Gasteiger partial charge on any atom is -0.372 e. The summed E-state index contributed by atoms with van der Waals surface area (Å²) in [6, 6.07) is 15.8. The molecule has 1 aromatic heterocycles. The van der Waals surface area contributed by atoms with E-state index in [1.165, 1.54) is 24.9 Å². The van der Waals surface area contributed by atoms with Crippen LogP contribution in [-0.2, 0) is 0 Å². The Bertz CT molecular complexity index is 893. The lowest BCUT2D eigenvalue weighted by molar-refractivity contribution is 0.578. The zero-order valence-electron chi connectivity index (χ0n) is 14.9. The molecule has 0 amide bonds. The Morgan fingerprint density at radius 2 is 1.70 bits per heavy atom. The molecule has 0 unspecified atom stereocenters. The molecule has 1 aliphatic heterocycles. The van der Waals surface area contributed by atoms with Crippen molar-refractivity contribution in [3.05, 3.63) is 59.8 Å². The maximum Gasteiger partial charge on any atom is 0.249 e. The topological polar surface area (TPSA) is 66.0 Å². The molecule has 2 aromatic carbocycles. The Balaban J connectivity index is 1.43. The van der Waals surface area contributed by atoms with E-state index < -0.39 is 0 Å². The fourth-order valence-electron chi connectivity index (χ4n) is 3.17. The van der Waals surface area contributed by atoms with Gasteiger partial charge >= 0.3 is 0 Å². The third-order valence-electron chi connectivity index (χ3n) is 4.50. The van der Waals surface area contributed by atoms with Gasteiger partial charge in [0.25, 0.3) is 0 Å². The Morgan fingerprint density at radius 1 is 0.889 bits per heavy atom. The van der Waals surface area contributed by atoms with Crippen LogP contribution in [0.25, 0.3) is 0 Å². The lowest BCUT2D eigenvalue weighted by Crippen LogP contribution is -2.29. The molecular weight excluding hydrogens is 360 g/mol. The van der Waals surface area contributed by atoms with Gasteiger partial charge in [0.15, 0.2) is 5.82 Å². The van der Waals surface area contributed by atoms with Crippen molar-refractivity contribution in [3.8, 4) is 0 Å². The quantitative estimate of drug-likeness (QED) is 0.649. The van der Waals surface area contributed by atoms with E-state index in [0.717, 1.165) is 24.5 Å². The van der Waals surface area contributed by atoms with E-state index in [-0.39, 0.29) is 0 Å². The van der Waals surface area contributed by atoms with Crippen LogP contribution < -0.4 is 15.5 Å². The number of nitrogens with zero attached hydrogens (tertiary/aromatic N) is 4. The average Bonchev–Trinajstić information content (AvgIpc) is 2.70. The van der Waals surface area contributed by atoms with Gasteiger partial charge < -0.3 is 15.5 Å². The van der Waals surface area contributed by atoms with Crippen LogP contribution in [0.15, 0.2) is 54.7 Å². The van der Waals surface area contributed by atoms with Gasteiger partial charge in [-0.1, -0.05) is 17.7 Å². The minimum atomic E-state index is 0.409. The van der Waals surface area contributed by atoms with Crippen molar-refractivity contribution in [2.75, 3.05) is 28.6 Å². The largest absolute Gasteiger partial charge is 0.372 e. The standard InChI is InChI=1S/C20H21ClN6/c21-15-5-4-6-17(13-15)24-20-25-19(14-22-26-20)23-16-7-9-18(10-8-16)27-11-2-1-3-12-27/h4-10,13-14H,1-3,11-12H2,(H2,23,24,25,26). The van der Waals surface area contributed by atoms with Crippen LogP contribution in [0, 0.1) is 0 Å². The monoisotopic (exact) mass is 380 g/mol. The van der Waals surface area contributed by atoms with Crippen molar-refractivity contribution in [1.82, 2.24) is 15.2 Å². The summed E-state index contributed by atoms with van der Waals surface area (Å²) in [6.07, 6.45) is 5.48. The number of benzene rings is 2. The number of nitrogens with one attached hydrogen (secondary N) is 2. The second-order valence-corrected chi connectivity index (χ2v) is 6.96. The molecule has 1 fully saturated rings. The van der Waals surface area contributed by atoms with E-state index in [2.05, 4.69) is 55.0 Å². The van der Waals surface area contributed by atoms with Crippen molar-refractivity contribution in [3.63, 3.8) is 0 Å². The Hall–Kier alpha value is -2.86. The van der Waals surface area contributed by atoms with Crippen LogP contribution in [0.2, 0.25) is 5.02 Å². The Morgan fingerprint density at radius 3 is 2.48 bits per heavy atom. The third-order valence-corrected chi connectivity index (χ3v) is 4.74. The smallest absolute Gasteiger partial charge is 0.249 e. The number of hydrogen-bond donors (Lipinski definition) is 2. The Labute approximate surface area is 163 Å². The zero-order chi connectivity index (χ0) is 18.5. The summed E-state index contributed by atoms with van der Waals surface area (Å²) in [7, 11) is 0. The summed E-state index contributed by atoms with van der Waals surface area (Å²) in [5.41, 5.74) is 3.04. The first kappa shape index (κ1) is 17.5. The first-order valence-corrected chi connectivity index (χ1v) is 9.48. The number of piperidine rings is 1. The highest BCUT2D eigenvalue weighted by Crippen LogP contribution is 2.24. The summed E-state index contributed by atoms with van der Waals surface area (Å²) in [5.74, 6) is 1.03. The maximum atomic E-state index is 6.01. The van der Waals surface area contributed by atoms with E-state index in [1.54, 1.807) is 6.20 Å². The summed E-state index contributed by atoms with van der Waals surface area (Å²) < 4.78 is 0. The van der Waals surface area contributed by atoms with E-state index in [0.29, 0.717) is 16.8 Å². The molecule has 1 saturated heterocycles. The SMILES string of the molecule is Clc1cccc(Nc2nncc(Nc3ccc(N4CCCCC4)cc3)n2)c1.